The van der Waals surface area contributed by atoms with Gasteiger partial charge in [0.05, 0.1) is 6.10 Å². The second kappa shape index (κ2) is 5.25. The van der Waals surface area contributed by atoms with Crippen LogP contribution < -0.4 is 5.32 Å². The van der Waals surface area contributed by atoms with E-state index in [0.29, 0.717) is 6.10 Å². The molecule has 0 bridgehead atoms. The van der Waals surface area contributed by atoms with Crippen molar-refractivity contribution in [2.24, 2.45) is 11.8 Å². The Labute approximate surface area is 105 Å². The normalized spacial score (nSPS) is 42.2. The monoisotopic (exact) mass is 238 g/mol. The zero-order chi connectivity index (χ0) is 11.7. The van der Waals surface area contributed by atoms with Crippen molar-refractivity contribution in [3.8, 4) is 0 Å². The molecular weight excluding hydrogens is 212 g/mol. The standard InChI is InChI=1S/C14H26N2O/c1-2-14-13-9-15-8-11(13)10-16(14)6-5-12-4-3-7-17-12/h11-15H,2-10H2,1H3. The first-order valence-electron chi connectivity index (χ1n) is 7.45. The van der Waals surface area contributed by atoms with Crippen molar-refractivity contribution in [2.75, 3.05) is 32.8 Å². The van der Waals surface area contributed by atoms with Gasteiger partial charge in [-0.15, -0.1) is 0 Å². The second-order valence-electron chi connectivity index (χ2n) is 5.98. The Morgan fingerprint density at radius 3 is 3.06 bits per heavy atom. The molecule has 4 atom stereocenters. The molecule has 0 amide bonds. The highest BCUT2D eigenvalue weighted by molar-refractivity contribution is 4.97. The molecule has 3 nitrogen and oxygen atoms in total. The van der Waals surface area contributed by atoms with E-state index in [1.165, 1.54) is 51.9 Å². The van der Waals surface area contributed by atoms with Crippen molar-refractivity contribution in [3.63, 3.8) is 0 Å². The first kappa shape index (κ1) is 11.9. The van der Waals surface area contributed by atoms with Gasteiger partial charge >= 0.3 is 0 Å². The van der Waals surface area contributed by atoms with Crippen LogP contribution in [0.25, 0.3) is 0 Å². The summed E-state index contributed by atoms with van der Waals surface area (Å²) in [7, 11) is 0. The summed E-state index contributed by atoms with van der Waals surface area (Å²) in [6, 6.07) is 0.830. The first-order valence-corrected chi connectivity index (χ1v) is 7.45. The van der Waals surface area contributed by atoms with Gasteiger partial charge in [0.2, 0.25) is 0 Å². The number of ether oxygens (including phenoxy) is 1. The van der Waals surface area contributed by atoms with Crippen LogP contribution in [0.15, 0.2) is 0 Å². The Hall–Kier alpha value is -0.120. The zero-order valence-corrected chi connectivity index (χ0v) is 11.0. The molecule has 0 aromatic heterocycles. The van der Waals surface area contributed by atoms with Gasteiger partial charge < -0.3 is 10.1 Å². The van der Waals surface area contributed by atoms with Gasteiger partial charge in [-0.05, 0) is 50.6 Å². The molecule has 4 unspecified atom stereocenters. The van der Waals surface area contributed by atoms with E-state index in [0.717, 1.165) is 24.5 Å². The first-order chi connectivity index (χ1) is 8.38. The van der Waals surface area contributed by atoms with Crippen LogP contribution in [0.4, 0.5) is 0 Å². The molecule has 1 N–H and O–H groups in total. The average Bonchev–Trinajstić information content (AvgIpc) is 3.02. The van der Waals surface area contributed by atoms with Gasteiger partial charge in [-0.2, -0.15) is 0 Å². The molecule has 3 heterocycles. The SMILES string of the molecule is CCC1C2CNCC2CN1CCC1CCCO1. The molecule has 0 spiro atoms. The molecule has 0 saturated carbocycles. The van der Waals surface area contributed by atoms with Crippen LogP contribution in [0.2, 0.25) is 0 Å². The lowest BCUT2D eigenvalue weighted by Crippen LogP contribution is -2.36. The Morgan fingerprint density at radius 1 is 1.35 bits per heavy atom. The van der Waals surface area contributed by atoms with Gasteiger partial charge in [-0.25, -0.2) is 0 Å². The van der Waals surface area contributed by atoms with Crippen molar-refractivity contribution in [2.45, 2.75) is 44.8 Å². The lowest BCUT2D eigenvalue weighted by molar-refractivity contribution is 0.0876. The number of hydrogen-bond donors (Lipinski definition) is 1. The fraction of sp³-hybridized carbons (Fsp3) is 1.00. The predicted octanol–water partition coefficient (Wildman–Crippen LogP) is 1.49. The minimum absolute atomic E-state index is 0.561. The Bertz CT molecular complexity index is 253. The number of nitrogens with one attached hydrogen (secondary N) is 1. The van der Waals surface area contributed by atoms with E-state index >= 15 is 0 Å². The lowest BCUT2D eigenvalue weighted by Gasteiger charge is -2.27. The molecule has 3 rings (SSSR count). The van der Waals surface area contributed by atoms with Gasteiger partial charge in [0.1, 0.15) is 0 Å². The maximum Gasteiger partial charge on any atom is 0.0588 e. The van der Waals surface area contributed by atoms with Crippen molar-refractivity contribution in [1.29, 1.82) is 0 Å². The van der Waals surface area contributed by atoms with Crippen LogP contribution >= 0.6 is 0 Å². The number of fused-ring (bicyclic) bond motifs is 1. The van der Waals surface area contributed by atoms with Gasteiger partial charge in [-0.3, -0.25) is 4.90 Å². The Morgan fingerprint density at radius 2 is 2.29 bits per heavy atom. The maximum absolute atomic E-state index is 5.74. The minimum atomic E-state index is 0.561. The van der Waals surface area contributed by atoms with E-state index in [4.69, 9.17) is 4.74 Å². The maximum atomic E-state index is 5.74. The molecule has 98 valence electrons. The van der Waals surface area contributed by atoms with Crippen molar-refractivity contribution >= 4 is 0 Å². The highest BCUT2D eigenvalue weighted by atomic mass is 16.5. The summed E-state index contributed by atoms with van der Waals surface area (Å²) in [5.74, 6) is 1.84. The smallest absolute Gasteiger partial charge is 0.0588 e. The summed E-state index contributed by atoms with van der Waals surface area (Å²) in [4.78, 5) is 2.75. The minimum Gasteiger partial charge on any atom is -0.378 e. The summed E-state index contributed by atoms with van der Waals surface area (Å²) < 4.78 is 5.74. The van der Waals surface area contributed by atoms with Gasteiger partial charge in [0.15, 0.2) is 0 Å². The molecule has 3 saturated heterocycles. The third-order valence-electron chi connectivity index (χ3n) is 5.00. The van der Waals surface area contributed by atoms with Crippen LogP contribution in [0, 0.1) is 11.8 Å². The highest BCUT2D eigenvalue weighted by Gasteiger charge is 2.42. The van der Waals surface area contributed by atoms with Gasteiger partial charge in [-0.1, -0.05) is 6.92 Å². The van der Waals surface area contributed by atoms with Crippen LogP contribution in [-0.2, 0) is 4.74 Å². The summed E-state index contributed by atoms with van der Waals surface area (Å²) in [6.45, 7) is 8.43. The Kier molecular flexibility index (Phi) is 3.69. The van der Waals surface area contributed by atoms with Crippen LogP contribution in [0.3, 0.4) is 0 Å². The molecule has 3 aliphatic heterocycles. The second-order valence-corrected chi connectivity index (χ2v) is 5.98. The zero-order valence-electron chi connectivity index (χ0n) is 11.0. The molecule has 0 aromatic rings. The molecular formula is C14H26N2O. The van der Waals surface area contributed by atoms with E-state index < -0.39 is 0 Å². The molecule has 17 heavy (non-hydrogen) atoms. The Balaban J connectivity index is 1.52. The lowest BCUT2D eigenvalue weighted by atomic mass is 9.93. The van der Waals surface area contributed by atoms with E-state index in [-0.39, 0.29) is 0 Å². The predicted molar refractivity (Wildman–Crippen MR) is 69.1 cm³/mol. The summed E-state index contributed by atoms with van der Waals surface area (Å²) in [5, 5.41) is 3.55. The molecule has 0 radical (unpaired) electrons. The van der Waals surface area contributed by atoms with E-state index in [1.807, 2.05) is 0 Å². The number of rotatable bonds is 4. The van der Waals surface area contributed by atoms with Crippen molar-refractivity contribution in [3.05, 3.63) is 0 Å². The molecule has 3 heteroatoms. The quantitative estimate of drug-likeness (QED) is 0.803. The summed E-state index contributed by atoms with van der Waals surface area (Å²) in [5.41, 5.74) is 0. The fourth-order valence-corrected chi connectivity index (χ4v) is 4.11. The molecule has 3 fully saturated rings. The molecule has 3 aliphatic rings. The van der Waals surface area contributed by atoms with Crippen molar-refractivity contribution in [1.82, 2.24) is 10.2 Å². The van der Waals surface area contributed by atoms with Gasteiger partial charge in [0.25, 0.3) is 0 Å². The summed E-state index contributed by atoms with van der Waals surface area (Å²) >= 11 is 0. The van der Waals surface area contributed by atoms with E-state index in [2.05, 4.69) is 17.1 Å². The third kappa shape index (κ3) is 2.38. The van der Waals surface area contributed by atoms with E-state index in [1.54, 1.807) is 0 Å². The largest absolute Gasteiger partial charge is 0.378 e. The molecule has 0 aliphatic carbocycles. The van der Waals surface area contributed by atoms with Gasteiger partial charge in [0, 0.05) is 25.7 Å². The highest BCUT2D eigenvalue weighted by Crippen LogP contribution is 2.34. The molecule has 0 aromatic carbocycles. The van der Waals surface area contributed by atoms with Crippen LogP contribution in [0.1, 0.15) is 32.6 Å². The van der Waals surface area contributed by atoms with Crippen LogP contribution in [-0.4, -0.2) is 49.8 Å². The topological polar surface area (TPSA) is 24.5 Å². The van der Waals surface area contributed by atoms with Crippen LogP contribution in [0.5, 0.6) is 0 Å². The van der Waals surface area contributed by atoms with Crippen molar-refractivity contribution < 1.29 is 4.74 Å². The fourth-order valence-electron chi connectivity index (χ4n) is 4.11. The summed E-state index contributed by atoms with van der Waals surface area (Å²) in [6.07, 6.45) is 5.69. The number of hydrogen-bond acceptors (Lipinski definition) is 3. The third-order valence-corrected chi connectivity index (χ3v) is 5.00. The number of likely N-dealkylation sites (tertiary alicyclic amines) is 1. The number of nitrogens with zero attached hydrogens (tertiary/aromatic N) is 1. The average molecular weight is 238 g/mol. The van der Waals surface area contributed by atoms with E-state index in [9.17, 15) is 0 Å².